The fourth-order valence-electron chi connectivity index (χ4n) is 3.44. The van der Waals surface area contributed by atoms with E-state index in [4.69, 9.17) is 5.73 Å². The van der Waals surface area contributed by atoms with Gasteiger partial charge in [0.2, 0.25) is 11.8 Å². The molecule has 4 unspecified atom stereocenters. The highest BCUT2D eigenvalue weighted by Gasteiger charge is 2.49. The van der Waals surface area contributed by atoms with Gasteiger partial charge in [0.1, 0.15) is 12.1 Å². The zero-order valence-corrected chi connectivity index (χ0v) is 14.8. The molecule has 1 aliphatic carbocycles. The summed E-state index contributed by atoms with van der Waals surface area (Å²) >= 11 is 0. The number of aliphatic carboxylic acids is 1. The van der Waals surface area contributed by atoms with E-state index in [9.17, 15) is 19.5 Å². The van der Waals surface area contributed by atoms with Gasteiger partial charge in [-0.15, -0.1) is 0 Å². The number of benzene rings is 1. The van der Waals surface area contributed by atoms with Crippen molar-refractivity contribution in [1.29, 1.82) is 0 Å². The van der Waals surface area contributed by atoms with Crippen LogP contribution in [0.25, 0.3) is 0 Å². The fourth-order valence-corrected chi connectivity index (χ4v) is 3.44. The van der Waals surface area contributed by atoms with Crippen LogP contribution in [-0.2, 0) is 14.4 Å². The van der Waals surface area contributed by atoms with E-state index in [1.165, 1.54) is 4.90 Å². The van der Waals surface area contributed by atoms with Gasteiger partial charge < -0.3 is 21.1 Å². The summed E-state index contributed by atoms with van der Waals surface area (Å²) in [6.07, 6.45) is 2.61. The number of carbonyl (C=O) groups excluding carboxylic acids is 2. The second-order valence-electron chi connectivity index (χ2n) is 7.32. The van der Waals surface area contributed by atoms with E-state index in [1.54, 1.807) is 6.92 Å². The molecule has 1 aliphatic heterocycles. The van der Waals surface area contributed by atoms with Crippen molar-refractivity contribution in [3.05, 3.63) is 35.9 Å². The molecule has 0 aromatic heterocycles. The van der Waals surface area contributed by atoms with Crippen LogP contribution in [0.1, 0.15) is 37.7 Å². The zero-order chi connectivity index (χ0) is 18.8. The Kier molecular flexibility index (Phi) is 5.27. The SMILES string of the molecule is CC(N)C(=O)NC(CC1CC1)C(=O)N1CC(c2ccccc2)C1C(=O)O. The second kappa shape index (κ2) is 7.45. The second-order valence-corrected chi connectivity index (χ2v) is 7.32. The molecule has 2 aliphatic rings. The van der Waals surface area contributed by atoms with Crippen LogP contribution >= 0.6 is 0 Å². The van der Waals surface area contributed by atoms with Crippen molar-refractivity contribution in [3.63, 3.8) is 0 Å². The largest absolute Gasteiger partial charge is 0.480 e. The standard InChI is InChI=1S/C19H25N3O4/c1-11(20)17(23)21-15(9-12-7-8-12)18(24)22-10-14(16(22)19(25)26)13-5-3-2-4-6-13/h2-6,11-12,14-16H,7-10,20H2,1H3,(H,21,23)(H,25,26). The molecule has 1 aromatic rings. The molecule has 1 aromatic carbocycles. The lowest BCUT2D eigenvalue weighted by molar-refractivity contribution is -0.161. The first kappa shape index (κ1) is 18.4. The minimum Gasteiger partial charge on any atom is -0.480 e. The summed E-state index contributed by atoms with van der Waals surface area (Å²) in [5.41, 5.74) is 6.50. The third kappa shape index (κ3) is 3.88. The molecule has 26 heavy (non-hydrogen) atoms. The number of hydrogen-bond donors (Lipinski definition) is 3. The van der Waals surface area contributed by atoms with Gasteiger partial charge in [0, 0.05) is 12.5 Å². The lowest BCUT2D eigenvalue weighted by Crippen LogP contribution is -2.65. The van der Waals surface area contributed by atoms with E-state index in [0.717, 1.165) is 18.4 Å². The van der Waals surface area contributed by atoms with E-state index in [-0.39, 0.29) is 11.8 Å². The van der Waals surface area contributed by atoms with Gasteiger partial charge in [0.15, 0.2) is 0 Å². The van der Waals surface area contributed by atoms with Crippen LogP contribution in [0.2, 0.25) is 0 Å². The van der Waals surface area contributed by atoms with Gasteiger partial charge in [-0.25, -0.2) is 4.79 Å². The first-order valence-electron chi connectivity index (χ1n) is 9.02. The Labute approximate surface area is 152 Å². The molecule has 7 heteroatoms. The topological polar surface area (TPSA) is 113 Å². The van der Waals surface area contributed by atoms with E-state index in [1.807, 2.05) is 30.3 Å². The van der Waals surface area contributed by atoms with Gasteiger partial charge in [-0.2, -0.15) is 0 Å². The van der Waals surface area contributed by atoms with Crippen LogP contribution < -0.4 is 11.1 Å². The third-order valence-corrected chi connectivity index (χ3v) is 5.17. The number of likely N-dealkylation sites (tertiary alicyclic amines) is 1. The average Bonchev–Trinajstić information content (AvgIpc) is 3.37. The lowest BCUT2D eigenvalue weighted by atomic mass is 9.81. The Morgan fingerprint density at radius 1 is 1.27 bits per heavy atom. The van der Waals surface area contributed by atoms with Crippen molar-refractivity contribution in [3.8, 4) is 0 Å². The summed E-state index contributed by atoms with van der Waals surface area (Å²) < 4.78 is 0. The minimum absolute atomic E-state index is 0.233. The monoisotopic (exact) mass is 359 g/mol. The Morgan fingerprint density at radius 2 is 1.92 bits per heavy atom. The number of carboxylic acids is 1. The average molecular weight is 359 g/mol. The zero-order valence-electron chi connectivity index (χ0n) is 14.8. The highest BCUT2D eigenvalue weighted by atomic mass is 16.4. The van der Waals surface area contributed by atoms with E-state index < -0.39 is 30.0 Å². The molecule has 1 saturated carbocycles. The molecule has 7 nitrogen and oxygen atoms in total. The normalized spacial score (nSPS) is 24.3. The Balaban J connectivity index is 1.73. The number of hydrogen-bond acceptors (Lipinski definition) is 4. The first-order valence-corrected chi connectivity index (χ1v) is 9.02. The van der Waals surface area contributed by atoms with Crippen LogP contribution in [-0.4, -0.2) is 52.5 Å². The van der Waals surface area contributed by atoms with Crippen LogP contribution in [0.5, 0.6) is 0 Å². The number of nitrogens with two attached hydrogens (primary N) is 1. The van der Waals surface area contributed by atoms with E-state index in [0.29, 0.717) is 18.9 Å². The summed E-state index contributed by atoms with van der Waals surface area (Å²) in [6, 6.07) is 7.02. The molecule has 0 bridgehead atoms. The van der Waals surface area contributed by atoms with Gasteiger partial charge in [-0.05, 0) is 24.8 Å². The van der Waals surface area contributed by atoms with E-state index >= 15 is 0 Å². The molecule has 4 atom stereocenters. The van der Waals surface area contributed by atoms with Crippen LogP contribution in [0.15, 0.2) is 30.3 Å². The minimum atomic E-state index is -1.03. The summed E-state index contributed by atoms with van der Waals surface area (Å²) in [7, 11) is 0. The molecular weight excluding hydrogens is 334 g/mol. The number of rotatable bonds is 7. The Hall–Kier alpha value is -2.41. The Bertz CT molecular complexity index is 687. The summed E-state index contributed by atoms with van der Waals surface area (Å²) in [4.78, 5) is 38.0. The highest BCUT2D eigenvalue weighted by molar-refractivity contribution is 5.93. The Morgan fingerprint density at radius 3 is 2.46 bits per heavy atom. The van der Waals surface area contributed by atoms with Crippen molar-refractivity contribution < 1.29 is 19.5 Å². The quantitative estimate of drug-likeness (QED) is 0.663. The fraction of sp³-hybridized carbons (Fsp3) is 0.526. The highest BCUT2D eigenvalue weighted by Crippen LogP contribution is 2.37. The smallest absolute Gasteiger partial charge is 0.327 e. The maximum absolute atomic E-state index is 12.9. The number of carboxylic acid groups (broad SMARTS) is 1. The number of nitrogens with zero attached hydrogens (tertiary/aromatic N) is 1. The lowest BCUT2D eigenvalue weighted by Gasteiger charge is -2.47. The molecule has 1 saturated heterocycles. The third-order valence-electron chi connectivity index (χ3n) is 5.17. The van der Waals surface area contributed by atoms with Crippen molar-refractivity contribution in [2.75, 3.05) is 6.54 Å². The number of carbonyl (C=O) groups is 3. The van der Waals surface area contributed by atoms with Gasteiger partial charge in [-0.3, -0.25) is 9.59 Å². The van der Waals surface area contributed by atoms with E-state index in [2.05, 4.69) is 5.32 Å². The molecule has 2 fully saturated rings. The summed E-state index contributed by atoms with van der Waals surface area (Å²) in [5.74, 6) is -1.57. The van der Waals surface area contributed by atoms with Crippen molar-refractivity contribution in [2.45, 2.75) is 50.2 Å². The predicted octanol–water partition coefficient (Wildman–Crippen LogP) is 0.698. The first-order chi connectivity index (χ1) is 12.4. The van der Waals surface area contributed by atoms with Gasteiger partial charge in [-0.1, -0.05) is 43.2 Å². The predicted molar refractivity (Wildman–Crippen MR) is 95.2 cm³/mol. The number of nitrogens with one attached hydrogen (secondary N) is 1. The molecule has 2 amide bonds. The summed E-state index contributed by atoms with van der Waals surface area (Å²) in [5, 5.41) is 12.3. The molecule has 0 radical (unpaired) electrons. The summed E-state index contributed by atoms with van der Waals surface area (Å²) in [6.45, 7) is 1.90. The van der Waals surface area contributed by atoms with Crippen LogP contribution in [0.3, 0.4) is 0 Å². The van der Waals surface area contributed by atoms with Crippen molar-refractivity contribution in [1.82, 2.24) is 10.2 Å². The molecule has 4 N–H and O–H groups in total. The molecule has 3 rings (SSSR count). The molecule has 1 heterocycles. The van der Waals surface area contributed by atoms with Crippen LogP contribution in [0, 0.1) is 5.92 Å². The molecule has 140 valence electrons. The van der Waals surface area contributed by atoms with Crippen molar-refractivity contribution >= 4 is 17.8 Å². The maximum atomic E-state index is 12.9. The van der Waals surface area contributed by atoms with Crippen LogP contribution in [0.4, 0.5) is 0 Å². The van der Waals surface area contributed by atoms with Gasteiger partial charge in [0.25, 0.3) is 0 Å². The number of amides is 2. The van der Waals surface area contributed by atoms with Gasteiger partial charge >= 0.3 is 5.97 Å². The molecular formula is C19H25N3O4. The van der Waals surface area contributed by atoms with Crippen molar-refractivity contribution in [2.24, 2.45) is 11.7 Å². The van der Waals surface area contributed by atoms with Gasteiger partial charge in [0.05, 0.1) is 6.04 Å². The maximum Gasteiger partial charge on any atom is 0.327 e. The molecule has 0 spiro atoms.